The lowest BCUT2D eigenvalue weighted by molar-refractivity contribution is -0.146. The molecule has 176 valence electrons. The zero-order valence-electron chi connectivity index (χ0n) is 18.9. The molecule has 2 atom stereocenters. The second-order valence-electron chi connectivity index (χ2n) is 9.44. The molecule has 5 rings (SSSR count). The van der Waals surface area contributed by atoms with Crippen LogP contribution < -0.4 is 15.4 Å². The Morgan fingerprint density at radius 2 is 2.03 bits per heavy atom. The molecule has 6 nitrogen and oxygen atoms in total. The van der Waals surface area contributed by atoms with Crippen LogP contribution in [0.3, 0.4) is 0 Å². The number of hydrogen-bond acceptors (Lipinski definition) is 4. The monoisotopic (exact) mass is 473 g/mol. The fourth-order valence-electron chi connectivity index (χ4n) is 5.38. The lowest BCUT2D eigenvalue weighted by Gasteiger charge is -2.56. The van der Waals surface area contributed by atoms with Crippen LogP contribution in [0.25, 0.3) is 0 Å². The quantitative estimate of drug-likeness (QED) is 0.616. The maximum Gasteiger partial charge on any atom is 0.258 e. The van der Waals surface area contributed by atoms with E-state index in [1.165, 1.54) is 12.1 Å². The van der Waals surface area contributed by atoms with Gasteiger partial charge in [0.15, 0.2) is 6.61 Å². The van der Waals surface area contributed by atoms with Gasteiger partial charge < -0.3 is 15.4 Å². The molecule has 1 aromatic carbocycles. The van der Waals surface area contributed by atoms with Gasteiger partial charge in [-0.2, -0.15) is 0 Å². The number of pyridine rings is 1. The first kappa shape index (κ1) is 23.5. The van der Waals surface area contributed by atoms with Crippen LogP contribution in [0.2, 0.25) is 5.02 Å². The van der Waals surface area contributed by atoms with Crippen molar-refractivity contribution >= 4 is 23.4 Å². The van der Waals surface area contributed by atoms with E-state index < -0.39 is 11.2 Å². The number of halogens is 2. The van der Waals surface area contributed by atoms with Gasteiger partial charge in [-0.15, -0.1) is 0 Å². The van der Waals surface area contributed by atoms with Crippen LogP contribution in [0.4, 0.5) is 4.39 Å². The molecule has 33 heavy (non-hydrogen) atoms. The number of carbonyl (C=O) groups excluding carboxylic acids is 2. The van der Waals surface area contributed by atoms with Gasteiger partial charge >= 0.3 is 0 Å². The summed E-state index contributed by atoms with van der Waals surface area (Å²) in [4.78, 5) is 30.1. The third-order valence-electron chi connectivity index (χ3n) is 7.39. The van der Waals surface area contributed by atoms with Gasteiger partial charge in [0, 0.05) is 24.0 Å². The minimum atomic E-state index is -0.589. The Morgan fingerprint density at radius 1 is 1.27 bits per heavy atom. The molecule has 0 spiro atoms. The zero-order chi connectivity index (χ0) is 23.6. The van der Waals surface area contributed by atoms with Crippen molar-refractivity contribution in [1.29, 1.82) is 0 Å². The summed E-state index contributed by atoms with van der Waals surface area (Å²) in [6, 6.07) is 7.80. The van der Waals surface area contributed by atoms with Gasteiger partial charge in [-0.3, -0.25) is 14.6 Å². The van der Waals surface area contributed by atoms with Gasteiger partial charge in [-0.25, -0.2) is 4.39 Å². The summed E-state index contributed by atoms with van der Waals surface area (Å²) in [7, 11) is 0. The van der Waals surface area contributed by atoms with Crippen molar-refractivity contribution in [2.24, 2.45) is 11.3 Å². The zero-order valence-corrected chi connectivity index (χ0v) is 19.6. The Bertz CT molecular complexity index is 1020. The largest absolute Gasteiger partial charge is 0.484 e. The van der Waals surface area contributed by atoms with Gasteiger partial charge in [0.25, 0.3) is 5.91 Å². The Kier molecular flexibility index (Phi) is 6.61. The highest BCUT2D eigenvalue weighted by Gasteiger charge is 2.56. The predicted molar refractivity (Wildman–Crippen MR) is 123 cm³/mol. The number of hydrogen-bond donors (Lipinski definition) is 2. The molecule has 0 aliphatic heterocycles. The number of nitrogens with zero attached hydrogens (tertiary/aromatic N) is 1. The number of aromatic nitrogens is 1. The third kappa shape index (κ3) is 4.83. The molecule has 1 aromatic heterocycles. The number of rotatable bonds is 7. The Morgan fingerprint density at radius 3 is 2.67 bits per heavy atom. The highest BCUT2D eigenvalue weighted by molar-refractivity contribution is 6.30. The van der Waals surface area contributed by atoms with Crippen molar-refractivity contribution in [1.82, 2.24) is 15.6 Å². The van der Waals surface area contributed by atoms with Crippen molar-refractivity contribution in [3.05, 3.63) is 59.1 Å². The molecule has 2 N–H and O–H groups in total. The molecule has 0 radical (unpaired) electrons. The molecule has 3 aliphatic rings. The lowest BCUT2D eigenvalue weighted by atomic mass is 9.52. The van der Waals surface area contributed by atoms with Gasteiger partial charge in [-0.1, -0.05) is 24.6 Å². The van der Waals surface area contributed by atoms with Gasteiger partial charge in [0.05, 0.1) is 16.5 Å². The summed E-state index contributed by atoms with van der Waals surface area (Å²) < 4.78 is 19.0. The average Bonchev–Trinajstić information content (AvgIpc) is 2.81. The number of ether oxygens (including phenoxy) is 1. The first-order valence-corrected chi connectivity index (χ1v) is 11.7. The summed E-state index contributed by atoms with van der Waals surface area (Å²) in [5, 5.41) is 6.34. The highest BCUT2D eigenvalue weighted by Crippen LogP contribution is 2.55. The van der Waals surface area contributed by atoms with Crippen LogP contribution in [0, 0.1) is 17.2 Å². The highest BCUT2D eigenvalue weighted by atomic mass is 35.5. The predicted octanol–water partition coefficient (Wildman–Crippen LogP) is 4.59. The molecule has 2 amide bonds. The van der Waals surface area contributed by atoms with Gasteiger partial charge in [0.2, 0.25) is 5.91 Å². The fraction of sp³-hybridized carbons (Fsp3) is 0.480. The van der Waals surface area contributed by atoms with Crippen LogP contribution in [0.1, 0.15) is 57.6 Å². The molecule has 3 fully saturated rings. The van der Waals surface area contributed by atoms with E-state index in [2.05, 4.69) is 22.5 Å². The molecule has 8 heteroatoms. The van der Waals surface area contributed by atoms with Crippen molar-refractivity contribution < 1.29 is 18.7 Å². The summed E-state index contributed by atoms with van der Waals surface area (Å²) in [5.41, 5.74) is 0.228. The third-order valence-corrected chi connectivity index (χ3v) is 7.70. The molecular weight excluding hydrogens is 445 g/mol. The Balaban J connectivity index is 1.34. The van der Waals surface area contributed by atoms with Gasteiger partial charge in [-0.05, 0) is 68.7 Å². The average molecular weight is 474 g/mol. The molecule has 2 bridgehead atoms. The number of carbonyl (C=O) groups is 2. The van der Waals surface area contributed by atoms with E-state index in [0.29, 0.717) is 0 Å². The topological polar surface area (TPSA) is 80.3 Å². The van der Waals surface area contributed by atoms with E-state index in [4.69, 9.17) is 16.3 Å². The molecular formula is C25H29ClFN3O3. The molecule has 1 heterocycles. The second kappa shape index (κ2) is 9.29. The van der Waals surface area contributed by atoms with E-state index in [0.717, 1.165) is 43.7 Å². The first-order chi connectivity index (χ1) is 15.7. The van der Waals surface area contributed by atoms with Crippen LogP contribution in [0.15, 0.2) is 42.7 Å². The Hall–Kier alpha value is -2.67. The second-order valence-corrected chi connectivity index (χ2v) is 9.84. The van der Waals surface area contributed by atoms with Crippen LogP contribution in [-0.2, 0) is 9.59 Å². The molecule has 0 saturated heterocycles. The summed E-state index contributed by atoms with van der Waals surface area (Å²) >= 11 is 5.68. The van der Waals surface area contributed by atoms with E-state index in [1.54, 1.807) is 12.4 Å². The number of nitrogens with one attached hydrogen (secondary N) is 2. The number of benzene rings is 1. The first-order valence-electron chi connectivity index (χ1n) is 11.3. The summed E-state index contributed by atoms with van der Waals surface area (Å²) in [5.74, 6) is -0.369. The van der Waals surface area contributed by atoms with E-state index in [9.17, 15) is 14.0 Å². The molecule has 2 aromatic rings. The van der Waals surface area contributed by atoms with Crippen molar-refractivity contribution in [2.45, 2.75) is 57.5 Å². The smallest absolute Gasteiger partial charge is 0.258 e. The summed E-state index contributed by atoms with van der Waals surface area (Å²) in [6.07, 6.45) is 7.17. The minimum absolute atomic E-state index is 0.00596. The number of amides is 2. The van der Waals surface area contributed by atoms with E-state index in [1.807, 2.05) is 19.1 Å². The fourth-order valence-corrected chi connectivity index (χ4v) is 5.50. The van der Waals surface area contributed by atoms with Crippen LogP contribution >= 0.6 is 11.6 Å². The minimum Gasteiger partial charge on any atom is -0.484 e. The normalized spacial score (nSPS) is 27.0. The van der Waals surface area contributed by atoms with E-state index in [-0.39, 0.29) is 46.7 Å². The molecule has 3 saturated carbocycles. The van der Waals surface area contributed by atoms with Crippen molar-refractivity contribution in [3.63, 3.8) is 0 Å². The van der Waals surface area contributed by atoms with Crippen molar-refractivity contribution in [2.75, 3.05) is 6.61 Å². The maximum atomic E-state index is 13.6. The lowest BCUT2D eigenvalue weighted by Crippen LogP contribution is -2.63. The Labute approximate surface area is 198 Å². The SMILES string of the molecule is CC(NC(=O)C12CCC(NC(=O)COc3ccc(Cl)c(F)c3)(CC1)CC2C)c1cccnc1. The number of fused-ring (bicyclic) bond motifs is 3. The van der Waals surface area contributed by atoms with Crippen LogP contribution in [0.5, 0.6) is 5.75 Å². The molecule has 2 unspecified atom stereocenters. The van der Waals surface area contributed by atoms with E-state index >= 15 is 0 Å². The van der Waals surface area contributed by atoms with Gasteiger partial charge in [0.1, 0.15) is 11.6 Å². The molecule has 3 aliphatic carbocycles. The van der Waals surface area contributed by atoms with Crippen molar-refractivity contribution in [3.8, 4) is 5.75 Å². The maximum absolute atomic E-state index is 13.6. The standard InChI is InChI=1S/C25H29ClFN3O3/c1-16-13-24(30-22(31)15-33-19-5-6-20(26)21(27)12-19)7-9-25(16,10-8-24)23(32)29-17(2)18-4-3-11-28-14-18/h3-6,11-12,14,16-17H,7-10,13,15H2,1-2H3,(H,29,32)(H,30,31). The van der Waals surface area contributed by atoms with Crippen LogP contribution in [-0.4, -0.2) is 28.9 Å². The summed E-state index contributed by atoms with van der Waals surface area (Å²) in [6.45, 7) is 3.87.